The van der Waals surface area contributed by atoms with Crippen LogP contribution in [0, 0.1) is 13.8 Å². The maximum atomic E-state index is 10.5. The fourth-order valence-corrected chi connectivity index (χ4v) is 3.41. The second-order valence-corrected chi connectivity index (χ2v) is 9.62. The van der Waals surface area contributed by atoms with E-state index in [4.69, 9.17) is 11.5 Å². The molecule has 6 N–H and O–H groups in total. The molecular weight excluding hydrogens is 336 g/mol. The average molecular weight is 371 g/mol. The first kappa shape index (κ1) is 20.9. The van der Waals surface area contributed by atoms with Gasteiger partial charge in [-0.1, -0.05) is 53.7 Å². The standard InChI is InChI=1S/C23H34N2O2/c1-12-14(10-16(22(3,4)5)20(26)18(12)24)9-15-11-17(23(6,7)8)21(27)19(25)13(15)2/h10-11,26-27H,9,24-25H2,1-8H3. The maximum Gasteiger partial charge on any atom is 0.142 e. The Morgan fingerprint density at radius 2 is 1.00 bits per heavy atom. The number of aromatic hydroxyl groups is 2. The van der Waals surface area contributed by atoms with Gasteiger partial charge >= 0.3 is 0 Å². The maximum absolute atomic E-state index is 10.5. The molecule has 148 valence electrons. The van der Waals surface area contributed by atoms with Crippen molar-refractivity contribution in [3.63, 3.8) is 0 Å². The summed E-state index contributed by atoms with van der Waals surface area (Å²) in [5, 5.41) is 21.0. The van der Waals surface area contributed by atoms with E-state index in [-0.39, 0.29) is 22.3 Å². The molecule has 2 aromatic rings. The number of phenols is 2. The van der Waals surface area contributed by atoms with E-state index in [9.17, 15) is 10.2 Å². The molecule has 0 heterocycles. The number of anilines is 2. The zero-order valence-electron chi connectivity index (χ0n) is 17.9. The number of benzene rings is 2. The molecule has 0 unspecified atom stereocenters. The fraction of sp³-hybridized carbons (Fsp3) is 0.478. The van der Waals surface area contributed by atoms with Gasteiger partial charge in [-0.2, -0.15) is 0 Å². The Hall–Kier alpha value is -2.36. The van der Waals surface area contributed by atoms with Crippen LogP contribution in [-0.4, -0.2) is 10.2 Å². The zero-order chi connectivity index (χ0) is 20.9. The van der Waals surface area contributed by atoms with Crippen LogP contribution in [0.5, 0.6) is 11.5 Å². The molecule has 4 nitrogen and oxygen atoms in total. The van der Waals surface area contributed by atoms with Gasteiger partial charge in [-0.05, 0) is 53.4 Å². The number of nitrogen functional groups attached to an aromatic ring is 2. The molecule has 0 atom stereocenters. The first-order chi connectivity index (χ1) is 12.2. The zero-order valence-corrected chi connectivity index (χ0v) is 17.9. The molecule has 0 saturated heterocycles. The molecule has 27 heavy (non-hydrogen) atoms. The van der Waals surface area contributed by atoms with E-state index in [1.165, 1.54) is 0 Å². The molecule has 2 rings (SSSR count). The van der Waals surface area contributed by atoms with Crippen LogP contribution in [0.25, 0.3) is 0 Å². The van der Waals surface area contributed by atoms with E-state index in [2.05, 4.69) is 41.5 Å². The summed E-state index contributed by atoms with van der Waals surface area (Å²) >= 11 is 0. The van der Waals surface area contributed by atoms with E-state index >= 15 is 0 Å². The Kier molecular flexibility index (Phi) is 5.17. The van der Waals surface area contributed by atoms with Gasteiger partial charge in [0.2, 0.25) is 0 Å². The minimum absolute atomic E-state index is 0.168. The molecule has 0 spiro atoms. The summed E-state index contributed by atoms with van der Waals surface area (Å²) < 4.78 is 0. The van der Waals surface area contributed by atoms with Crippen molar-refractivity contribution in [3.05, 3.63) is 45.5 Å². The van der Waals surface area contributed by atoms with E-state index in [0.29, 0.717) is 17.8 Å². The van der Waals surface area contributed by atoms with E-state index in [0.717, 1.165) is 33.4 Å². The number of hydrogen-bond donors (Lipinski definition) is 4. The van der Waals surface area contributed by atoms with Crippen LogP contribution in [0.15, 0.2) is 12.1 Å². The van der Waals surface area contributed by atoms with Gasteiger partial charge in [0.05, 0.1) is 11.4 Å². The third-order valence-electron chi connectivity index (χ3n) is 5.43. The number of phenolic OH excluding ortho intramolecular Hbond substituents is 2. The molecule has 0 bridgehead atoms. The third-order valence-corrected chi connectivity index (χ3v) is 5.43. The third kappa shape index (κ3) is 3.85. The lowest BCUT2D eigenvalue weighted by molar-refractivity contribution is 0.448. The van der Waals surface area contributed by atoms with Crippen LogP contribution >= 0.6 is 0 Å². The quantitative estimate of drug-likeness (QED) is 0.439. The van der Waals surface area contributed by atoms with Gasteiger partial charge in [0.1, 0.15) is 11.5 Å². The monoisotopic (exact) mass is 370 g/mol. The van der Waals surface area contributed by atoms with Crippen molar-refractivity contribution in [2.45, 2.75) is 72.6 Å². The van der Waals surface area contributed by atoms with E-state index < -0.39 is 0 Å². The molecule has 0 saturated carbocycles. The fourth-order valence-electron chi connectivity index (χ4n) is 3.41. The van der Waals surface area contributed by atoms with Crippen molar-refractivity contribution < 1.29 is 10.2 Å². The summed E-state index contributed by atoms with van der Waals surface area (Å²) in [4.78, 5) is 0. The van der Waals surface area contributed by atoms with Gasteiger partial charge in [0, 0.05) is 11.1 Å². The topological polar surface area (TPSA) is 92.5 Å². The van der Waals surface area contributed by atoms with Gasteiger partial charge in [-0.15, -0.1) is 0 Å². The molecule has 0 fully saturated rings. The molecule has 0 aromatic heterocycles. The van der Waals surface area contributed by atoms with Crippen molar-refractivity contribution in [2.24, 2.45) is 0 Å². The van der Waals surface area contributed by atoms with Gasteiger partial charge in [-0.3, -0.25) is 0 Å². The highest BCUT2D eigenvalue weighted by Crippen LogP contribution is 2.41. The Morgan fingerprint density at radius 1 is 0.704 bits per heavy atom. The molecule has 4 heteroatoms. The number of hydrogen-bond acceptors (Lipinski definition) is 4. The molecule has 0 radical (unpaired) electrons. The Morgan fingerprint density at radius 3 is 1.26 bits per heavy atom. The lowest BCUT2D eigenvalue weighted by atomic mass is 9.81. The first-order valence-electron chi connectivity index (χ1n) is 9.39. The first-order valence-corrected chi connectivity index (χ1v) is 9.39. The van der Waals surface area contributed by atoms with Crippen molar-refractivity contribution >= 4 is 11.4 Å². The van der Waals surface area contributed by atoms with Crippen molar-refractivity contribution in [1.82, 2.24) is 0 Å². The second kappa shape index (κ2) is 6.66. The molecule has 0 amide bonds. The highest BCUT2D eigenvalue weighted by atomic mass is 16.3. The molecule has 2 aromatic carbocycles. The number of rotatable bonds is 2. The Balaban J connectivity index is 2.68. The van der Waals surface area contributed by atoms with Crippen LogP contribution in [0.2, 0.25) is 0 Å². The normalized spacial score (nSPS) is 12.4. The van der Waals surface area contributed by atoms with Gasteiger partial charge in [0.25, 0.3) is 0 Å². The molecule has 0 aliphatic heterocycles. The highest BCUT2D eigenvalue weighted by molar-refractivity contribution is 5.68. The van der Waals surface area contributed by atoms with Gasteiger partial charge in [-0.25, -0.2) is 0 Å². The lowest BCUT2D eigenvalue weighted by Gasteiger charge is -2.26. The molecule has 0 aliphatic rings. The SMILES string of the molecule is Cc1c(Cc2cc(C(C)(C)C)c(O)c(N)c2C)cc(C(C)(C)C)c(O)c1N. The van der Waals surface area contributed by atoms with Crippen molar-refractivity contribution in [2.75, 3.05) is 11.5 Å². The van der Waals surface area contributed by atoms with Crippen LogP contribution in [0.3, 0.4) is 0 Å². The smallest absolute Gasteiger partial charge is 0.142 e. The lowest BCUT2D eigenvalue weighted by Crippen LogP contribution is -2.15. The van der Waals surface area contributed by atoms with Gasteiger partial charge < -0.3 is 21.7 Å². The summed E-state index contributed by atoms with van der Waals surface area (Å²) in [6, 6.07) is 4.08. The van der Waals surface area contributed by atoms with E-state index in [1.54, 1.807) is 0 Å². The number of nitrogens with two attached hydrogens (primary N) is 2. The molecule has 0 aliphatic carbocycles. The largest absolute Gasteiger partial charge is 0.505 e. The Bertz CT molecular complexity index is 812. The Labute approximate surface area is 163 Å². The van der Waals surface area contributed by atoms with Crippen molar-refractivity contribution in [3.8, 4) is 11.5 Å². The minimum Gasteiger partial charge on any atom is -0.505 e. The van der Waals surface area contributed by atoms with Crippen LogP contribution in [0.4, 0.5) is 11.4 Å². The van der Waals surface area contributed by atoms with Crippen LogP contribution in [0.1, 0.15) is 74.9 Å². The summed E-state index contributed by atoms with van der Waals surface area (Å²) in [5.41, 5.74) is 18.4. The van der Waals surface area contributed by atoms with Crippen LogP contribution in [-0.2, 0) is 17.3 Å². The van der Waals surface area contributed by atoms with Crippen LogP contribution < -0.4 is 11.5 Å². The van der Waals surface area contributed by atoms with Crippen molar-refractivity contribution in [1.29, 1.82) is 0 Å². The van der Waals surface area contributed by atoms with Gasteiger partial charge in [0.15, 0.2) is 0 Å². The second-order valence-electron chi connectivity index (χ2n) is 9.62. The average Bonchev–Trinajstić information content (AvgIpc) is 2.53. The summed E-state index contributed by atoms with van der Waals surface area (Å²) in [6.45, 7) is 16.2. The predicted octanol–water partition coefficient (Wildman–Crippen LogP) is 5.06. The minimum atomic E-state index is -0.222. The summed E-state index contributed by atoms with van der Waals surface area (Å²) in [5.74, 6) is 0.335. The molecular formula is C23H34N2O2. The van der Waals surface area contributed by atoms with E-state index in [1.807, 2.05) is 26.0 Å². The summed E-state index contributed by atoms with van der Waals surface area (Å²) in [7, 11) is 0. The highest BCUT2D eigenvalue weighted by Gasteiger charge is 2.25. The summed E-state index contributed by atoms with van der Waals surface area (Å²) in [6.07, 6.45) is 0.638. The predicted molar refractivity (Wildman–Crippen MR) is 115 cm³/mol.